The quantitative estimate of drug-likeness (QED) is 0.533. The zero-order chi connectivity index (χ0) is 20.7. The van der Waals surface area contributed by atoms with Crippen LogP contribution in [0.5, 0.6) is 0 Å². The first-order valence-corrected chi connectivity index (χ1v) is 10.0. The van der Waals surface area contributed by atoms with Crippen molar-refractivity contribution in [1.29, 1.82) is 0 Å². The van der Waals surface area contributed by atoms with Crippen molar-refractivity contribution in [2.45, 2.75) is 18.9 Å². The second-order valence-corrected chi connectivity index (χ2v) is 7.58. The summed E-state index contributed by atoms with van der Waals surface area (Å²) in [6, 6.07) is 10.4. The average molecular weight is 398 g/mol. The van der Waals surface area contributed by atoms with Crippen molar-refractivity contribution in [3.63, 3.8) is 0 Å². The zero-order valence-electron chi connectivity index (χ0n) is 16.5. The van der Waals surface area contributed by atoms with E-state index in [1.165, 1.54) is 12.4 Å². The van der Waals surface area contributed by atoms with Crippen molar-refractivity contribution in [2.75, 3.05) is 18.8 Å². The number of nitrogens with zero attached hydrogens (tertiary/aromatic N) is 5. The van der Waals surface area contributed by atoms with Crippen LogP contribution < -0.4 is 5.73 Å². The third-order valence-electron chi connectivity index (χ3n) is 5.88. The SMILES string of the molecule is C=CC(=O)N1CCC(n2cc(-c3cnc4ccccc4c3)c3c(N)ncnc32)CC1. The predicted octanol–water partition coefficient (Wildman–Crippen LogP) is 3.58. The highest BCUT2D eigenvalue weighted by Gasteiger charge is 2.26. The Labute approximate surface area is 173 Å². The van der Waals surface area contributed by atoms with Crippen LogP contribution in [0.25, 0.3) is 33.1 Å². The van der Waals surface area contributed by atoms with Crippen LogP contribution in [0, 0.1) is 0 Å². The molecule has 4 heterocycles. The van der Waals surface area contributed by atoms with Crippen LogP contribution in [0.1, 0.15) is 18.9 Å². The number of likely N-dealkylation sites (tertiary alicyclic amines) is 1. The minimum absolute atomic E-state index is 0.0136. The number of benzene rings is 1. The Morgan fingerprint density at radius 3 is 2.77 bits per heavy atom. The van der Waals surface area contributed by atoms with Gasteiger partial charge in [0.2, 0.25) is 5.91 Å². The number of hydrogen-bond donors (Lipinski definition) is 1. The Hall–Kier alpha value is -3.74. The molecule has 0 atom stereocenters. The van der Waals surface area contributed by atoms with Crippen molar-refractivity contribution < 1.29 is 4.79 Å². The Morgan fingerprint density at radius 1 is 1.17 bits per heavy atom. The van der Waals surface area contributed by atoms with Crippen LogP contribution in [0.2, 0.25) is 0 Å². The van der Waals surface area contributed by atoms with Gasteiger partial charge in [-0.15, -0.1) is 0 Å². The van der Waals surface area contributed by atoms with Crippen molar-refractivity contribution in [2.24, 2.45) is 0 Å². The first kappa shape index (κ1) is 18.3. The van der Waals surface area contributed by atoms with E-state index in [9.17, 15) is 4.79 Å². The molecule has 7 nitrogen and oxygen atoms in total. The lowest BCUT2D eigenvalue weighted by atomic mass is 10.0. The molecule has 1 aliphatic rings. The van der Waals surface area contributed by atoms with Gasteiger partial charge in [0, 0.05) is 48.0 Å². The van der Waals surface area contributed by atoms with Crippen LogP contribution in [0.3, 0.4) is 0 Å². The summed E-state index contributed by atoms with van der Waals surface area (Å²) in [7, 11) is 0. The molecule has 1 aromatic carbocycles. The van der Waals surface area contributed by atoms with Gasteiger partial charge in [0.1, 0.15) is 17.8 Å². The summed E-state index contributed by atoms with van der Waals surface area (Å²) < 4.78 is 2.19. The molecule has 4 aromatic rings. The number of amides is 1. The summed E-state index contributed by atoms with van der Waals surface area (Å²) in [5.74, 6) is 0.446. The molecule has 0 spiro atoms. The Morgan fingerprint density at radius 2 is 1.97 bits per heavy atom. The Bertz CT molecular complexity index is 1270. The van der Waals surface area contributed by atoms with E-state index >= 15 is 0 Å². The maximum Gasteiger partial charge on any atom is 0.245 e. The summed E-state index contributed by atoms with van der Waals surface area (Å²) in [6.45, 7) is 4.98. The number of anilines is 1. The summed E-state index contributed by atoms with van der Waals surface area (Å²) in [5.41, 5.74) is 10.0. The second kappa shape index (κ2) is 7.26. The van der Waals surface area contributed by atoms with E-state index in [2.05, 4.69) is 44.4 Å². The molecule has 7 heteroatoms. The normalized spacial score (nSPS) is 15.0. The number of para-hydroxylation sites is 1. The minimum atomic E-state index is -0.0136. The number of piperidine rings is 1. The minimum Gasteiger partial charge on any atom is -0.383 e. The lowest BCUT2D eigenvalue weighted by Gasteiger charge is -2.32. The Balaban J connectivity index is 1.59. The number of hydrogen-bond acceptors (Lipinski definition) is 5. The largest absolute Gasteiger partial charge is 0.383 e. The van der Waals surface area contributed by atoms with Crippen LogP contribution in [-0.2, 0) is 4.79 Å². The van der Waals surface area contributed by atoms with Crippen LogP contribution in [0.15, 0.2) is 61.7 Å². The summed E-state index contributed by atoms with van der Waals surface area (Å²) in [5, 5.41) is 1.92. The highest BCUT2D eigenvalue weighted by Crippen LogP contribution is 2.37. The van der Waals surface area contributed by atoms with Gasteiger partial charge in [-0.1, -0.05) is 24.8 Å². The molecule has 3 aromatic heterocycles. The van der Waals surface area contributed by atoms with E-state index in [-0.39, 0.29) is 11.9 Å². The lowest BCUT2D eigenvalue weighted by molar-refractivity contribution is -0.127. The molecule has 1 saturated heterocycles. The van der Waals surface area contributed by atoms with E-state index in [0.717, 1.165) is 45.9 Å². The number of rotatable bonds is 3. The molecule has 5 rings (SSSR count). The highest BCUT2D eigenvalue weighted by molar-refractivity contribution is 6.01. The van der Waals surface area contributed by atoms with E-state index in [0.29, 0.717) is 18.9 Å². The van der Waals surface area contributed by atoms with Crippen molar-refractivity contribution in [3.8, 4) is 11.1 Å². The fourth-order valence-corrected chi connectivity index (χ4v) is 4.32. The number of nitrogen functional groups attached to an aromatic ring is 1. The Kier molecular flexibility index (Phi) is 4.43. The number of carbonyl (C=O) groups is 1. The summed E-state index contributed by atoms with van der Waals surface area (Å²) in [4.78, 5) is 27.2. The molecular formula is C23H22N6O. The van der Waals surface area contributed by atoms with E-state index in [1.54, 1.807) is 0 Å². The van der Waals surface area contributed by atoms with Gasteiger partial charge in [0.05, 0.1) is 10.9 Å². The average Bonchev–Trinajstić information content (AvgIpc) is 3.19. The van der Waals surface area contributed by atoms with Crippen LogP contribution in [-0.4, -0.2) is 43.4 Å². The molecule has 1 aliphatic heterocycles. The fraction of sp³-hybridized carbons (Fsp3) is 0.217. The van der Waals surface area contributed by atoms with E-state index < -0.39 is 0 Å². The number of aromatic nitrogens is 4. The first-order chi connectivity index (χ1) is 14.7. The highest BCUT2D eigenvalue weighted by atomic mass is 16.2. The fourth-order valence-electron chi connectivity index (χ4n) is 4.32. The standard InChI is InChI=1S/C23H22N6O/c1-2-20(30)28-9-7-17(8-10-28)29-13-18(21-22(24)26-14-27-23(21)29)16-11-15-5-3-4-6-19(15)25-12-16/h2-6,11-14,17H,1,7-10H2,(H2,24,26,27). The molecule has 2 N–H and O–H groups in total. The maximum atomic E-state index is 11.9. The van der Waals surface area contributed by atoms with Gasteiger partial charge in [0.15, 0.2) is 0 Å². The van der Waals surface area contributed by atoms with E-state index in [1.807, 2.05) is 29.3 Å². The van der Waals surface area contributed by atoms with Gasteiger partial charge in [-0.05, 0) is 31.1 Å². The van der Waals surface area contributed by atoms with Crippen LogP contribution >= 0.6 is 0 Å². The first-order valence-electron chi connectivity index (χ1n) is 10.0. The second-order valence-electron chi connectivity index (χ2n) is 7.58. The maximum absolute atomic E-state index is 11.9. The number of nitrogens with two attached hydrogens (primary N) is 1. The van der Waals surface area contributed by atoms with Gasteiger partial charge in [-0.25, -0.2) is 9.97 Å². The molecule has 0 radical (unpaired) electrons. The van der Waals surface area contributed by atoms with Gasteiger partial charge >= 0.3 is 0 Å². The van der Waals surface area contributed by atoms with Gasteiger partial charge < -0.3 is 15.2 Å². The van der Waals surface area contributed by atoms with E-state index in [4.69, 9.17) is 5.73 Å². The van der Waals surface area contributed by atoms with Crippen LogP contribution in [0.4, 0.5) is 5.82 Å². The monoisotopic (exact) mass is 398 g/mol. The third kappa shape index (κ3) is 2.99. The zero-order valence-corrected chi connectivity index (χ0v) is 16.5. The predicted molar refractivity (Wildman–Crippen MR) is 118 cm³/mol. The molecule has 0 unspecified atom stereocenters. The smallest absolute Gasteiger partial charge is 0.245 e. The van der Waals surface area contributed by atoms with Crippen molar-refractivity contribution in [1.82, 2.24) is 24.4 Å². The third-order valence-corrected chi connectivity index (χ3v) is 5.88. The van der Waals surface area contributed by atoms with Gasteiger partial charge in [-0.3, -0.25) is 9.78 Å². The molecule has 30 heavy (non-hydrogen) atoms. The van der Waals surface area contributed by atoms with Gasteiger partial charge in [0.25, 0.3) is 0 Å². The van der Waals surface area contributed by atoms with Crippen molar-refractivity contribution >= 4 is 33.7 Å². The lowest BCUT2D eigenvalue weighted by Crippen LogP contribution is -2.38. The number of pyridine rings is 1. The summed E-state index contributed by atoms with van der Waals surface area (Å²) in [6.07, 6.45) is 8.57. The molecule has 0 bridgehead atoms. The summed E-state index contributed by atoms with van der Waals surface area (Å²) >= 11 is 0. The topological polar surface area (TPSA) is 89.9 Å². The van der Waals surface area contributed by atoms with Crippen molar-refractivity contribution in [3.05, 3.63) is 61.7 Å². The number of carbonyl (C=O) groups excluding carboxylic acids is 1. The molecule has 1 amide bonds. The molecular weight excluding hydrogens is 376 g/mol. The molecule has 1 fully saturated rings. The molecule has 0 saturated carbocycles. The molecule has 150 valence electrons. The molecule has 0 aliphatic carbocycles. The van der Waals surface area contributed by atoms with Gasteiger partial charge in [-0.2, -0.15) is 0 Å². The number of fused-ring (bicyclic) bond motifs is 2.